The first-order valence-corrected chi connectivity index (χ1v) is 10.7. The molecule has 0 spiro atoms. The number of amides is 2. The number of aryl methyl sites for hydroxylation is 1. The van der Waals surface area contributed by atoms with E-state index in [2.05, 4.69) is 10.5 Å². The summed E-state index contributed by atoms with van der Waals surface area (Å²) in [5, 5.41) is 0. The van der Waals surface area contributed by atoms with Crippen molar-refractivity contribution >= 4 is 23.1 Å². The van der Waals surface area contributed by atoms with Crippen molar-refractivity contribution in [3.05, 3.63) is 58.4 Å². The fourth-order valence-corrected chi connectivity index (χ4v) is 3.82. The van der Waals surface area contributed by atoms with Gasteiger partial charge in [0, 0.05) is 37.4 Å². The Bertz CT molecular complexity index is 1030. The van der Waals surface area contributed by atoms with Crippen LogP contribution in [0.5, 0.6) is 0 Å². The summed E-state index contributed by atoms with van der Waals surface area (Å²) in [5.74, 6) is -0.373. The monoisotopic (exact) mass is 464 g/mol. The van der Waals surface area contributed by atoms with Crippen LogP contribution in [0.4, 0.5) is 18.9 Å². The number of halogens is 3. The van der Waals surface area contributed by atoms with Gasteiger partial charge in [0.05, 0.1) is 0 Å². The number of benzene rings is 1. The maximum atomic E-state index is 12.7. The zero-order chi connectivity index (χ0) is 25.1. The zero-order valence-electron chi connectivity index (χ0n) is 19.9. The van der Waals surface area contributed by atoms with E-state index < -0.39 is 6.36 Å². The molecule has 2 N–H and O–H groups in total. The highest BCUT2D eigenvalue weighted by Gasteiger charge is 2.36. The minimum atomic E-state index is -4.73. The third-order valence-electron chi connectivity index (χ3n) is 5.64. The number of nitrogens with zero attached hydrogens (tertiary/aromatic N) is 1. The molecule has 1 aliphatic carbocycles. The first-order valence-electron chi connectivity index (χ1n) is 10.7. The summed E-state index contributed by atoms with van der Waals surface area (Å²) < 4.78 is 42.4. The van der Waals surface area contributed by atoms with Crippen LogP contribution in [0.25, 0.3) is 5.57 Å². The molecular formula is C25H31F3N2O3. The van der Waals surface area contributed by atoms with Crippen molar-refractivity contribution in [2.75, 3.05) is 11.9 Å². The van der Waals surface area contributed by atoms with Gasteiger partial charge in [0.25, 0.3) is 0 Å². The van der Waals surface area contributed by atoms with Gasteiger partial charge in [-0.15, -0.1) is 13.2 Å². The number of allylic oxidation sites excluding steroid dienone is 5. The van der Waals surface area contributed by atoms with E-state index in [1.54, 1.807) is 24.9 Å². The molecule has 5 nitrogen and oxygen atoms in total. The second-order valence-corrected chi connectivity index (χ2v) is 8.96. The van der Waals surface area contributed by atoms with Gasteiger partial charge in [-0.25, -0.2) is 0 Å². The molecule has 1 aromatic carbocycles. The summed E-state index contributed by atoms with van der Waals surface area (Å²) in [5.41, 5.74) is 9.57. The van der Waals surface area contributed by atoms with Gasteiger partial charge in [0.2, 0.25) is 11.8 Å². The molecular weight excluding hydrogens is 433 g/mol. The Balaban J connectivity index is 0.000000696. The van der Waals surface area contributed by atoms with Gasteiger partial charge in [0.1, 0.15) is 5.76 Å². The van der Waals surface area contributed by atoms with Gasteiger partial charge in [-0.3, -0.25) is 9.59 Å². The predicted molar refractivity (Wildman–Crippen MR) is 123 cm³/mol. The number of alkyl halides is 3. The average molecular weight is 465 g/mol. The lowest BCUT2D eigenvalue weighted by molar-refractivity contribution is -0.305. The Morgan fingerprint density at radius 3 is 2.36 bits per heavy atom. The second kappa shape index (κ2) is 9.85. The lowest BCUT2D eigenvalue weighted by Crippen LogP contribution is -2.39. The highest BCUT2D eigenvalue weighted by Crippen LogP contribution is 2.43. The molecule has 2 aliphatic rings. The van der Waals surface area contributed by atoms with Crippen LogP contribution in [0.2, 0.25) is 0 Å². The second-order valence-electron chi connectivity index (χ2n) is 8.96. The molecule has 8 heteroatoms. The molecule has 0 radical (unpaired) electrons. The smallest absolute Gasteiger partial charge is 0.410 e. The zero-order valence-corrected chi connectivity index (χ0v) is 19.9. The number of ether oxygens (including phenoxy) is 1. The SMILES string of the molecule is CC1=CC=C(OC(F)(F)F)CC(c2cc3c(cc2C)C(C)(C)CC(=O)N3C)=C1.CCC(N)=O. The number of carbonyl (C=O) groups is 2. The summed E-state index contributed by atoms with van der Waals surface area (Å²) in [6, 6.07) is 3.96. The van der Waals surface area contributed by atoms with Crippen LogP contribution in [-0.4, -0.2) is 25.2 Å². The highest BCUT2D eigenvalue weighted by atomic mass is 19.4. The summed E-state index contributed by atoms with van der Waals surface area (Å²) in [6.45, 7) is 9.57. The largest absolute Gasteiger partial charge is 0.572 e. The van der Waals surface area contributed by atoms with E-state index in [0.29, 0.717) is 12.8 Å². The quantitative estimate of drug-likeness (QED) is 0.626. The van der Waals surface area contributed by atoms with Crippen molar-refractivity contribution in [1.82, 2.24) is 0 Å². The van der Waals surface area contributed by atoms with E-state index in [0.717, 1.165) is 33.5 Å². The van der Waals surface area contributed by atoms with Crippen LogP contribution in [0.15, 0.2) is 41.7 Å². The number of primary amides is 1. The molecule has 0 aromatic heterocycles. The van der Waals surface area contributed by atoms with E-state index in [4.69, 9.17) is 0 Å². The number of rotatable bonds is 3. The van der Waals surface area contributed by atoms with Crippen LogP contribution in [0.3, 0.4) is 0 Å². The lowest BCUT2D eigenvalue weighted by atomic mass is 9.75. The number of fused-ring (bicyclic) bond motifs is 1. The minimum Gasteiger partial charge on any atom is -0.410 e. The molecule has 1 aromatic rings. The number of nitrogens with two attached hydrogens (primary N) is 1. The molecule has 33 heavy (non-hydrogen) atoms. The van der Waals surface area contributed by atoms with E-state index in [1.807, 2.05) is 45.9 Å². The third-order valence-corrected chi connectivity index (χ3v) is 5.64. The normalized spacial score (nSPS) is 17.5. The number of carbonyl (C=O) groups excluding carboxylic acids is 2. The van der Waals surface area contributed by atoms with Crippen LogP contribution >= 0.6 is 0 Å². The highest BCUT2D eigenvalue weighted by molar-refractivity contribution is 5.98. The van der Waals surface area contributed by atoms with E-state index in [1.165, 1.54) is 6.08 Å². The van der Waals surface area contributed by atoms with E-state index >= 15 is 0 Å². The Labute approximate surface area is 192 Å². The van der Waals surface area contributed by atoms with Gasteiger partial charge >= 0.3 is 6.36 Å². The average Bonchev–Trinajstić information content (AvgIpc) is 2.86. The molecule has 1 heterocycles. The van der Waals surface area contributed by atoms with Gasteiger partial charge < -0.3 is 15.4 Å². The van der Waals surface area contributed by atoms with Crippen LogP contribution in [-0.2, 0) is 19.7 Å². The van der Waals surface area contributed by atoms with E-state index in [9.17, 15) is 22.8 Å². The van der Waals surface area contributed by atoms with E-state index in [-0.39, 0.29) is 29.4 Å². The van der Waals surface area contributed by atoms with Crippen molar-refractivity contribution in [3.63, 3.8) is 0 Å². The Kier molecular flexibility index (Phi) is 7.83. The fraction of sp³-hybridized carbons (Fsp3) is 0.440. The summed E-state index contributed by atoms with van der Waals surface area (Å²) in [6.07, 6.45) is 0.998. The maximum absolute atomic E-state index is 12.7. The van der Waals surface area contributed by atoms with Crippen molar-refractivity contribution in [3.8, 4) is 0 Å². The summed E-state index contributed by atoms with van der Waals surface area (Å²) in [7, 11) is 1.74. The van der Waals surface area contributed by atoms with Crippen LogP contribution in [0, 0.1) is 6.92 Å². The first-order chi connectivity index (χ1) is 15.1. The fourth-order valence-electron chi connectivity index (χ4n) is 3.82. The Morgan fingerprint density at radius 1 is 1.21 bits per heavy atom. The third kappa shape index (κ3) is 6.73. The molecule has 2 amide bonds. The predicted octanol–water partition coefficient (Wildman–Crippen LogP) is 5.67. The molecule has 0 saturated carbocycles. The molecule has 180 valence electrons. The molecule has 1 aliphatic heterocycles. The van der Waals surface area contributed by atoms with Crippen molar-refractivity contribution < 1.29 is 27.5 Å². The van der Waals surface area contributed by atoms with Gasteiger partial charge in [-0.2, -0.15) is 0 Å². The molecule has 0 unspecified atom stereocenters. The molecule has 0 saturated heterocycles. The molecule has 0 fully saturated rings. The van der Waals surface area contributed by atoms with Gasteiger partial charge in [0.15, 0.2) is 0 Å². The molecule has 0 bridgehead atoms. The standard InChI is InChI=1S/C22H24F3NO2.C3H7NO/c1-13-6-7-16(28-22(23,24)25)10-15(8-13)17-11-19-18(9-14(17)2)21(3,4)12-20(27)26(19)5;1-2-3(4)5/h6-9,11H,10,12H2,1-5H3;2H2,1H3,(H2,4,5). The first kappa shape index (κ1) is 26.2. The van der Waals surface area contributed by atoms with Gasteiger partial charge in [-0.05, 0) is 48.3 Å². The van der Waals surface area contributed by atoms with Crippen molar-refractivity contribution in [1.29, 1.82) is 0 Å². The maximum Gasteiger partial charge on any atom is 0.572 e. The summed E-state index contributed by atoms with van der Waals surface area (Å²) in [4.78, 5) is 23.6. The molecule has 3 rings (SSSR count). The Hall–Kier alpha value is -3.03. The minimum absolute atomic E-state index is 0.0219. The topological polar surface area (TPSA) is 72.6 Å². The van der Waals surface area contributed by atoms with Crippen LogP contribution in [0.1, 0.15) is 63.6 Å². The number of hydrogen-bond acceptors (Lipinski definition) is 3. The van der Waals surface area contributed by atoms with Crippen molar-refractivity contribution in [2.45, 2.75) is 65.7 Å². The lowest BCUT2D eigenvalue weighted by Gasteiger charge is -2.37. The Morgan fingerprint density at radius 2 is 1.82 bits per heavy atom. The molecule has 0 atom stereocenters. The van der Waals surface area contributed by atoms with Gasteiger partial charge in [-0.1, -0.05) is 44.6 Å². The summed E-state index contributed by atoms with van der Waals surface area (Å²) >= 11 is 0. The number of hydrogen-bond donors (Lipinski definition) is 1. The van der Waals surface area contributed by atoms with Crippen molar-refractivity contribution in [2.24, 2.45) is 5.73 Å². The number of anilines is 1. The van der Waals surface area contributed by atoms with Crippen LogP contribution < -0.4 is 10.6 Å².